The fourth-order valence-electron chi connectivity index (χ4n) is 5.95. The van der Waals surface area contributed by atoms with Crippen molar-refractivity contribution in [3.8, 4) is 0 Å². The fourth-order valence-corrected chi connectivity index (χ4v) is 5.95. The summed E-state index contributed by atoms with van der Waals surface area (Å²) in [4.78, 5) is 44.5. The second kappa shape index (κ2) is 25.0. The largest absolute Gasteiger partial charge is 1.00 e. The molecule has 0 heterocycles. The Labute approximate surface area is 337 Å². The Morgan fingerprint density at radius 1 is 0.766 bits per heavy atom. The van der Waals surface area contributed by atoms with Crippen molar-refractivity contribution in [2.45, 2.75) is 180 Å². The SMILES string of the molecule is CC.CC.C[C-](C(=O)C(C)C)N(C)C(C)C.[CH2-]C1=C(CCC(C)(C(=O)C(C)C)N(C)C(C)C)CC(C(=O)C(C)C)(N(C)C(C)C)C1.[K+]. The molecule has 0 saturated carbocycles. The Balaban J connectivity index is -0.000000457. The van der Waals surface area contributed by atoms with Crippen LogP contribution >= 0.6 is 0 Å². The number of hydrogen-bond acceptors (Lipinski definition) is 6. The third-order valence-electron chi connectivity index (χ3n) is 9.65. The van der Waals surface area contributed by atoms with E-state index < -0.39 is 11.1 Å². The van der Waals surface area contributed by atoms with Crippen LogP contribution in [0.4, 0.5) is 0 Å². The molecule has 0 aromatic carbocycles. The van der Waals surface area contributed by atoms with E-state index in [0.717, 1.165) is 30.9 Å². The van der Waals surface area contributed by atoms with Gasteiger partial charge >= 0.3 is 51.4 Å². The number of Topliss-reactive ketones (excluding diaryl/α,β-unsaturated/α-hetero) is 3. The molecule has 274 valence electrons. The first kappa shape index (κ1) is 53.8. The molecule has 2 unspecified atom stereocenters. The maximum absolute atomic E-state index is 13.3. The average Bonchev–Trinajstić information content (AvgIpc) is 3.35. The maximum Gasteiger partial charge on any atom is 1.00 e. The second-order valence-corrected chi connectivity index (χ2v) is 14.6. The summed E-state index contributed by atoms with van der Waals surface area (Å²) < 4.78 is 0. The summed E-state index contributed by atoms with van der Waals surface area (Å²) in [5, 5.41) is 0. The van der Waals surface area contributed by atoms with Crippen LogP contribution in [-0.2, 0) is 14.4 Å². The molecular formula is C40H79KN3O3-. The standard InChI is InChI=1S/C26H47N2O2.C10H20NO.2C2H6.K/c1-17(2)23(29)25(10,27(11)19(5)6)14-13-22-16-26(15-21(22)9,24(30)18(3)4)28(12)20(7)8;1-7(2)10(12)9(5)11(6)8(3)4;2*1-2;/h17-20H,9,13-16H2,1-8,10-12H3;7-8H,1-6H3;2*1-2H3;/q2*-1;;;+1. The van der Waals surface area contributed by atoms with Crippen LogP contribution in [0.25, 0.3) is 0 Å². The van der Waals surface area contributed by atoms with E-state index in [1.807, 2.05) is 88.1 Å². The van der Waals surface area contributed by atoms with Gasteiger partial charge in [0.25, 0.3) is 0 Å². The molecule has 1 rings (SSSR count). The monoisotopic (exact) mass is 689 g/mol. The van der Waals surface area contributed by atoms with Crippen LogP contribution in [0.3, 0.4) is 0 Å². The zero-order chi connectivity index (χ0) is 37.5. The summed E-state index contributed by atoms with van der Waals surface area (Å²) >= 11 is 0. The van der Waals surface area contributed by atoms with Crippen LogP contribution < -0.4 is 51.4 Å². The number of likely N-dealkylation sites (N-methyl/N-ethyl adjacent to an activating group) is 3. The Morgan fingerprint density at radius 2 is 1.21 bits per heavy atom. The topological polar surface area (TPSA) is 60.9 Å². The van der Waals surface area contributed by atoms with Gasteiger partial charge in [-0.3, -0.25) is 25.4 Å². The molecule has 1 aliphatic rings. The molecule has 0 bridgehead atoms. The molecule has 1 aliphatic carbocycles. The number of rotatable bonds is 15. The number of carbonyl (C=O) groups excluding carboxylic acids is 3. The molecule has 0 fully saturated rings. The van der Waals surface area contributed by atoms with E-state index in [-0.39, 0.29) is 92.8 Å². The minimum atomic E-state index is -0.521. The van der Waals surface area contributed by atoms with E-state index >= 15 is 0 Å². The van der Waals surface area contributed by atoms with Gasteiger partial charge in [-0.05, 0) is 80.6 Å². The summed E-state index contributed by atoms with van der Waals surface area (Å²) in [6.07, 6.45) is 2.99. The van der Waals surface area contributed by atoms with Gasteiger partial charge in [-0.25, -0.2) is 18.1 Å². The van der Waals surface area contributed by atoms with Gasteiger partial charge in [0.05, 0.1) is 11.1 Å². The van der Waals surface area contributed by atoms with Crippen LogP contribution in [0, 0.1) is 30.7 Å². The van der Waals surface area contributed by atoms with Crippen LogP contribution in [0.2, 0.25) is 0 Å². The van der Waals surface area contributed by atoms with Gasteiger partial charge in [0, 0.05) is 29.7 Å². The Kier molecular flexibility index (Phi) is 28.7. The van der Waals surface area contributed by atoms with E-state index in [9.17, 15) is 14.4 Å². The van der Waals surface area contributed by atoms with Gasteiger partial charge in [-0.2, -0.15) is 6.92 Å². The first-order chi connectivity index (χ1) is 21.0. The van der Waals surface area contributed by atoms with Crippen molar-refractivity contribution in [1.29, 1.82) is 0 Å². The molecule has 47 heavy (non-hydrogen) atoms. The predicted octanol–water partition coefficient (Wildman–Crippen LogP) is 6.48. The molecule has 0 aliphatic heterocycles. The maximum atomic E-state index is 13.3. The second-order valence-electron chi connectivity index (χ2n) is 14.6. The van der Waals surface area contributed by atoms with Crippen molar-refractivity contribution >= 4 is 17.3 Å². The minimum Gasteiger partial charge on any atom is -0.432 e. The molecule has 0 spiro atoms. The van der Waals surface area contributed by atoms with Gasteiger partial charge in [-0.1, -0.05) is 95.9 Å². The van der Waals surface area contributed by atoms with Crippen LogP contribution in [0.5, 0.6) is 0 Å². The van der Waals surface area contributed by atoms with E-state index in [0.29, 0.717) is 18.2 Å². The molecular weight excluding hydrogens is 610 g/mol. The van der Waals surface area contributed by atoms with E-state index in [4.69, 9.17) is 0 Å². The molecule has 0 radical (unpaired) electrons. The molecule has 0 amide bonds. The van der Waals surface area contributed by atoms with Gasteiger partial charge in [0.1, 0.15) is 0 Å². The Bertz CT molecular complexity index is 941. The van der Waals surface area contributed by atoms with Gasteiger partial charge in [0.15, 0.2) is 11.6 Å². The first-order valence-corrected chi connectivity index (χ1v) is 18.2. The van der Waals surface area contributed by atoms with Crippen molar-refractivity contribution < 1.29 is 65.8 Å². The van der Waals surface area contributed by atoms with Crippen LogP contribution in [0.1, 0.15) is 150 Å². The van der Waals surface area contributed by atoms with Crippen LogP contribution in [-0.4, -0.2) is 82.4 Å². The summed E-state index contributed by atoms with van der Waals surface area (Å²) in [6, 6.07) is 1.82. The first-order valence-electron chi connectivity index (χ1n) is 18.2. The quantitative estimate of drug-likeness (QED) is 0.145. The molecule has 0 aromatic rings. The molecule has 0 N–H and O–H groups in total. The van der Waals surface area contributed by atoms with Crippen molar-refractivity contribution in [2.24, 2.45) is 17.8 Å². The number of nitrogens with zero attached hydrogens (tertiary/aromatic N) is 3. The van der Waals surface area contributed by atoms with Gasteiger partial charge < -0.3 is 9.69 Å². The Hall–Kier alpha value is 0.00636. The molecule has 0 aromatic heterocycles. The molecule has 0 saturated heterocycles. The van der Waals surface area contributed by atoms with Crippen molar-refractivity contribution in [1.82, 2.24) is 14.7 Å². The summed E-state index contributed by atoms with van der Waals surface area (Å²) in [5.41, 5.74) is 1.32. The minimum absolute atomic E-state index is 0. The fraction of sp³-hybridized carbons (Fsp3) is 0.825. The van der Waals surface area contributed by atoms with Crippen molar-refractivity contribution in [2.75, 3.05) is 21.1 Å². The normalized spacial score (nSPS) is 17.4. The van der Waals surface area contributed by atoms with Crippen molar-refractivity contribution in [3.05, 3.63) is 24.1 Å². The van der Waals surface area contributed by atoms with E-state index in [1.165, 1.54) is 5.57 Å². The Morgan fingerprint density at radius 3 is 1.53 bits per heavy atom. The summed E-state index contributed by atoms with van der Waals surface area (Å²) in [6.45, 7) is 40.9. The zero-order valence-corrected chi connectivity index (χ0v) is 38.7. The zero-order valence-electron chi connectivity index (χ0n) is 35.6. The third-order valence-corrected chi connectivity index (χ3v) is 9.65. The smallest absolute Gasteiger partial charge is 0.432 e. The van der Waals surface area contributed by atoms with Crippen molar-refractivity contribution in [3.63, 3.8) is 0 Å². The molecule has 7 heteroatoms. The predicted molar refractivity (Wildman–Crippen MR) is 202 cm³/mol. The third kappa shape index (κ3) is 15.4. The molecule has 6 nitrogen and oxygen atoms in total. The van der Waals surface area contributed by atoms with Gasteiger partial charge in [0.2, 0.25) is 0 Å². The van der Waals surface area contributed by atoms with E-state index in [1.54, 1.807) is 0 Å². The average molecular weight is 689 g/mol. The number of ketones is 3. The number of carbonyl (C=O) groups is 3. The van der Waals surface area contributed by atoms with Crippen LogP contribution in [0.15, 0.2) is 11.1 Å². The number of hydrogen-bond donors (Lipinski definition) is 0. The van der Waals surface area contributed by atoms with Gasteiger partial charge in [-0.15, -0.1) is 0 Å². The molecule has 2 atom stereocenters. The van der Waals surface area contributed by atoms with E-state index in [2.05, 4.69) is 79.3 Å². The summed E-state index contributed by atoms with van der Waals surface area (Å²) in [7, 11) is 6.08. The summed E-state index contributed by atoms with van der Waals surface area (Å²) in [5.74, 6) is 0.902.